The van der Waals surface area contributed by atoms with Gasteiger partial charge in [0.15, 0.2) is 6.10 Å². The fraction of sp³-hybridized carbons (Fsp3) is 0.333. The van der Waals surface area contributed by atoms with Crippen LogP contribution in [0.3, 0.4) is 0 Å². The standard InChI is InChI=1S/C24H23F3O7/c1-4-31-11-12-32-23(29)14(2)33-15-9-10-17-19(13-15)34-22(24(25,26)27)20(21(17)28)16-7-5-6-8-18(16)30-3/h5-10,13-14H,4,11-12H2,1-3H3. The van der Waals surface area contributed by atoms with Gasteiger partial charge in [0.1, 0.15) is 23.7 Å². The lowest BCUT2D eigenvalue weighted by molar-refractivity contribution is -0.152. The van der Waals surface area contributed by atoms with E-state index in [0.29, 0.717) is 6.61 Å². The van der Waals surface area contributed by atoms with Crippen molar-refractivity contribution in [3.05, 3.63) is 58.4 Å². The fourth-order valence-electron chi connectivity index (χ4n) is 3.26. The summed E-state index contributed by atoms with van der Waals surface area (Å²) in [5, 5.41) is -0.0896. The highest BCUT2D eigenvalue weighted by Crippen LogP contribution is 2.40. The van der Waals surface area contributed by atoms with Crippen molar-refractivity contribution in [1.82, 2.24) is 0 Å². The number of alkyl halides is 3. The number of fused-ring (bicyclic) bond motifs is 1. The van der Waals surface area contributed by atoms with E-state index in [1.54, 1.807) is 13.0 Å². The van der Waals surface area contributed by atoms with Crippen LogP contribution in [0.4, 0.5) is 13.2 Å². The van der Waals surface area contributed by atoms with Gasteiger partial charge in [0.25, 0.3) is 0 Å². The van der Waals surface area contributed by atoms with Crippen molar-refractivity contribution in [2.75, 3.05) is 26.9 Å². The number of rotatable bonds is 9. The maximum atomic E-state index is 13.9. The predicted molar refractivity (Wildman–Crippen MR) is 117 cm³/mol. The first-order chi connectivity index (χ1) is 16.2. The quantitative estimate of drug-likeness (QED) is 0.320. The molecule has 0 aliphatic rings. The van der Waals surface area contributed by atoms with E-state index in [-0.39, 0.29) is 41.2 Å². The number of halogens is 3. The van der Waals surface area contributed by atoms with Gasteiger partial charge in [-0.3, -0.25) is 4.79 Å². The number of para-hydroxylation sites is 1. The number of methoxy groups -OCH3 is 1. The van der Waals surface area contributed by atoms with Crippen LogP contribution >= 0.6 is 0 Å². The van der Waals surface area contributed by atoms with Crippen molar-refractivity contribution in [3.63, 3.8) is 0 Å². The Labute approximate surface area is 193 Å². The summed E-state index contributed by atoms with van der Waals surface area (Å²) < 4.78 is 67.6. The first-order valence-corrected chi connectivity index (χ1v) is 10.4. The molecule has 34 heavy (non-hydrogen) atoms. The molecule has 0 aliphatic carbocycles. The van der Waals surface area contributed by atoms with Crippen LogP contribution in [-0.4, -0.2) is 39.0 Å². The molecule has 0 bridgehead atoms. The molecular formula is C24H23F3O7. The minimum atomic E-state index is -4.96. The Bertz CT molecular complexity index is 1220. The van der Waals surface area contributed by atoms with Gasteiger partial charge in [-0.25, -0.2) is 4.79 Å². The number of carbonyl (C=O) groups is 1. The Morgan fingerprint density at radius 3 is 2.53 bits per heavy atom. The normalized spacial score (nSPS) is 12.4. The van der Waals surface area contributed by atoms with Crippen LogP contribution in [0.2, 0.25) is 0 Å². The minimum Gasteiger partial charge on any atom is -0.496 e. The molecule has 0 saturated heterocycles. The van der Waals surface area contributed by atoms with Gasteiger partial charge < -0.3 is 23.4 Å². The average molecular weight is 480 g/mol. The molecule has 0 radical (unpaired) electrons. The van der Waals surface area contributed by atoms with Gasteiger partial charge in [-0.2, -0.15) is 13.2 Å². The van der Waals surface area contributed by atoms with Crippen LogP contribution in [0.15, 0.2) is 51.7 Å². The number of ether oxygens (including phenoxy) is 4. The monoisotopic (exact) mass is 480 g/mol. The fourth-order valence-corrected chi connectivity index (χ4v) is 3.26. The molecule has 10 heteroatoms. The van der Waals surface area contributed by atoms with Crippen molar-refractivity contribution in [1.29, 1.82) is 0 Å². The van der Waals surface area contributed by atoms with E-state index in [1.807, 2.05) is 0 Å². The molecule has 0 amide bonds. The molecule has 2 aromatic carbocycles. The second-order valence-corrected chi connectivity index (χ2v) is 7.12. The Balaban J connectivity index is 2.00. The van der Waals surface area contributed by atoms with Gasteiger partial charge in [0.2, 0.25) is 11.2 Å². The summed E-state index contributed by atoms with van der Waals surface area (Å²) in [6.45, 7) is 3.97. The van der Waals surface area contributed by atoms with Crippen LogP contribution in [0.25, 0.3) is 22.1 Å². The van der Waals surface area contributed by atoms with Crippen LogP contribution < -0.4 is 14.9 Å². The molecule has 0 N–H and O–H groups in total. The van der Waals surface area contributed by atoms with Crippen LogP contribution in [0.1, 0.15) is 19.6 Å². The smallest absolute Gasteiger partial charge is 0.450 e. The molecule has 0 spiro atoms. The van der Waals surface area contributed by atoms with Crippen molar-refractivity contribution in [2.45, 2.75) is 26.1 Å². The summed E-state index contributed by atoms with van der Waals surface area (Å²) in [6, 6.07) is 9.64. The summed E-state index contributed by atoms with van der Waals surface area (Å²) >= 11 is 0. The van der Waals surface area contributed by atoms with E-state index >= 15 is 0 Å². The maximum Gasteiger partial charge on any atom is 0.450 e. The third kappa shape index (κ3) is 5.51. The number of hydrogen-bond donors (Lipinski definition) is 0. The Hall–Kier alpha value is -3.53. The average Bonchev–Trinajstić information content (AvgIpc) is 2.81. The van der Waals surface area contributed by atoms with Gasteiger partial charge >= 0.3 is 12.1 Å². The first-order valence-electron chi connectivity index (χ1n) is 10.4. The molecule has 1 unspecified atom stereocenters. The zero-order valence-corrected chi connectivity index (χ0v) is 18.7. The lowest BCUT2D eigenvalue weighted by atomic mass is 10.0. The molecule has 7 nitrogen and oxygen atoms in total. The van der Waals surface area contributed by atoms with Crippen molar-refractivity contribution < 1.29 is 41.3 Å². The van der Waals surface area contributed by atoms with Gasteiger partial charge in [0.05, 0.1) is 24.7 Å². The SMILES string of the molecule is CCOCCOC(=O)C(C)Oc1ccc2c(=O)c(-c3ccccc3OC)c(C(F)(F)F)oc2c1. The molecule has 182 valence electrons. The second kappa shape index (κ2) is 10.6. The number of esters is 1. The summed E-state index contributed by atoms with van der Waals surface area (Å²) in [7, 11) is 1.29. The van der Waals surface area contributed by atoms with Crippen molar-refractivity contribution in [2.24, 2.45) is 0 Å². The molecule has 3 aromatic rings. The maximum absolute atomic E-state index is 13.9. The third-order valence-electron chi connectivity index (χ3n) is 4.82. The molecule has 0 fully saturated rings. The number of benzene rings is 2. The Morgan fingerprint density at radius 2 is 1.85 bits per heavy atom. The van der Waals surface area contributed by atoms with Crippen molar-refractivity contribution >= 4 is 16.9 Å². The third-order valence-corrected chi connectivity index (χ3v) is 4.82. The van der Waals surface area contributed by atoms with E-state index in [1.165, 1.54) is 44.4 Å². The van der Waals surface area contributed by atoms with Gasteiger partial charge in [0, 0.05) is 18.2 Å². The predicted octanol–water partition coefficient (Wildman–Crippen LogP) is 4.83. The Morgan fingerprint density at radius 1 is 1.12 bits per heavy atom. The molecule has 0 saturated carbocycles. The first kappa shape index (κ1) is 25.1. The van der Waals surface area contributed by atoms with Crippen LogP contribution in [-0.2, 0) is 20.4 Å². The molecule has 1 atom stereocenters. The lowest BCUT2D eigenvalue weighted by Gasteiger charge is -2.16. The second-order valence-electron chi connectivity index (χ2n) is 7.12. The number of carbonyl (C=O) groups excluding carboxylic acids is 1. The minimum absolute atomic E-state index is 0.0306. The highest BCUT2D eigenvalue weighted by molar-refractivity contribution is 5.85. The summed E-state index contributed by atoms with van der Waals surface area (Å²) in [5.74, 6) is -2.02. The van der Waals surface area contributed by atoms with E-state index in [9.17, 15) is 22.8 Å². The van der Waals surface area contributed by atoms with E-state index < -0.39 is 35.0 Å². The zero-order valence-electron chi connectivity index (χ0n) is 18.7. The molecule has 1 heterocycles. The summed E-state index contributed by atoms with van der Waals surface area (Å²) in [6.07, 6.45) is -6.02. The van der Waals surface area contributed by atoms with E-state index in [2.05, 4.69) is 0 Å². The number of hydrogen-bond acceptors (Lipinski definition) is 7. The Kier molecular flexibility index (Phi) is 7.83. The molecular weight excluding hydrogens is 457 g/mol. The lowest BCUT2D eigenvalue weighted by Crippen LogP contribution is -2.27. The molecule has 3 rings (SSSR count). The van der Waals surface area contributed by atoms with Crippen LogP contribution in [0, 0.1) is 0 Å². The summed E-state index contributed by atoms with van der Waals surface area (Å²) in [5.41, 5.74) is -1.92. The van der Waals surface area contributed by atoms with E-state index in [0.717, 1.165) is 6.07 Å². The van der Waals surface area contributed by atoms with Crippen molar-refractivity contribution in [3.8, 4) is 22.6 Å². The topological polar surface area (TPSA) is 84.2 Å². The van der Waals surface area contributed by atoms with Gasteiger partial charge in [-0.15, -0.1) is 0 Å². The van der Waals surface area contributed by atoms with E-state index in [4.69, 9.17) is 23.4 Å². The highest BCUT2D eigenvalue weighted by Gasteiger charge is 2.40. The highest BCUT2D eigenvalue weighted by atomic mass is 19.4. The zero-order chi connectivity index (χ0) is 24.9. The van der Waals surface area contributed by atoms with Gasteiger partial charge in [-0.1, -0.05) is 18.2 Å². The largest absolute Gasteiger partial charge is 0.496 e. The molecule has 1 aromatic heterocycles. The van der Waals surface area contributed by atoms with Gasteiger partial charge in [-0.05, 0) is 32.0 Å². The summed E-state index contributed by atoms with van der Waals surface area (Å²) in [4.78, 5) is 25.2. The van der Waals surface area contributed by atoms with Crippen LogP contribution in [0.5, 0.6) is 11.5 Å². The molecule has 0 aliphatic heterocycles.